The quantitative estimate of drug-likeness (QED) is 0.655. The normalized spacial score (nSPS) is 22.0. The van der Waals surface area contributed by atoms with Crippen molar-refractivity contribution in [3.8, 4) is 0 Å². The molecule has 0 saturated carbocycles. The number of hydrogen-bond acceptors (Lipinski definition) is 1. The fourth-order valence-corrected chi connectivity index (χ4v) is 4.30. The summed E-state index contributed by atoms with van der Waals surface area (Å²) in [5, 5.41) is 0. The third kappa shape index (κ3) is 1.32. The summed E-state index contributed by atoms with van der Waals surface area (Å²) in [5.41, 5.74) is 3.58. The van der Waals surface area contributed by atoms with E-state index < -0.39 is 0 Å². The highest BCUT2D eigenvalue weighted by Gasteiger charge is 2.46. The Morgan fingerprint density at radius 2 is 2.13 bits per heavy atom. The molecular formula is C14H20S. The van der Waals surface area contributed by atoms with Gasteiger partial charge in [0.25, 0.3) is 0 Å². The minimum atomic E-state index is 0.381. The molecule has 82 valence electrons. The van der Waals surface area contributed by atoms with Crippen LogP contribution in [0.4, 0.5) is 0 Å². The number of thiophene rings is 1. The molecule has 0 N–H and O–H groups in total. The summed E-state index contributed by atoms with van der Waals surface area (Å²) >= 11 is 2.03. The van der Waals surface area contributed by atoms with Gasteiger partial charge < -0.3 is 0 Å². The maximum absolute atomic E-state index is 3.88. The number of fused-ring (bicyclic) bond motifs is 1. The fourth-order valence-electron chi connectivity index (χ4n) is 2.83. The van der Waals surface area contributed by atoms with E-state index >= 15 is 0 Å². The zero-order valence-corrected chi connectivity index (χ0v) is 11.0. The molecule has 0 saturated heterocycles. The predicted molar refractivity (Wildman–Crippen MR) is 69.0 cm³/mol. The van der Waals surface area contributed by atoms with Crippen LogP contribution >= 0.6 is 11.3 Å². The Hall–Kier alpha value is -0.560. The molecule has 0 radical (unpaired) electrons. The molecule has 1 heteroatoms. The van der Waals surface area contributed by atoms with Crippen molar-refractivity contribution in [3.63, 3.8) is 0 Å². The average Bonchev–Trinajstić information content (AvgIpc) is 2.50. The topological polar surface area (TPSA) is 0 Å². The van der Waals surface area contributed by atoms with Crippen LogP contribution in [-0.4, -0.2) is 0 Å². The second-order valence-corrected chi connectivity index (χ2v) is 6.15. The molecule has 0 aromatic carbocycles. The van der Waals surface area contributed by atoms with Crippen LogP contribution < -0.4 is 0 Å². The van der Waals surface area contributed by atoms with E-state index in [2.05, 4.69) is 40.3 Å². The number of allylic oxidation sites excluding steroid dienone is 1. The molecule has 0 fully saturated rings. The number of rotatable bonds is 3. The van der Waals surface area contributed by atoms with Gasteiger partial charge >= 0.3 is 0 Å². The SMILES string of the molecule is C=CCC1c2c(sc(CC)c2C)C1(C)C. The molecule has 1 aliphatic rings. The molecule has 1 unspecified atom stereocenters. The highest BCUT2D eigenvalue weighted by atomic mass is 32.1. The second-order valence-electron chi connectivity index (χ2n) is 5.05. The molecule has 1 aromatic rings. The van der Waals surface area contributed by atoms with Gasteiger partial charge in [0.05, 0.1) is 0 Å². The Morgan fingerprint density at radius 1 is 1.47 bits per heavy atom. The van der Waals surface area contributed by atoms with Crippen LogP contribution in [-0.2, 0) is 11.8 Å². The lowest BCUT2D eigenvalue weighted by molar-refractivity contribution is 0.359. The monoisotopic (exact) mass is 220 g/mol. The van der Waals surface area contributed by atoms with Crippen LogP contribution in [0.2, 0.25) is 0 Å². The average molecular weight is 220 g/mol. The van der Waals surface area contributed by atoms with Crippen LogP contribution in [0.1, 0.15) is 54.0 Å². The van der Waals surface area contributed by atoms with E-state index in [0.29, 0.717) is 11.3 Å². The minimum Gasteiger partial charge on any atom is -0.144 e. The standard InChI is InChI=1S/C14H20S/c1-6-8-10-12-9(3)11(7-2)15-13(12)14(10,4)5/h6,10H,1,7-8H2,2-5H3. The van der Waals surface area contributed by atoms with Crippen LogP contribution in [0.5, 0.6) is 0 Å². The molecular weight excluding hydrogens is 200 g/mol. The predicted octanol–water partition coefficient (Wildman–Crippen LogP) is 4.57. The summed E-state index contributed by atoms with van der Waals surface area (Å²) in [7, 11) is 0. The number of hydrogen-bond donors (Lipinski definition) is 0. The molecule has 2 rings (SSSR count). The summed E-state index contributed by atoms with van der Waals surface area (Å²) in [5.74, 6) is 0.710. The summed E-state index contributed by atoms with van der Waals surface area (Å²) in [6.45, 7) is 13.2. The zero-order chi connectivity index (χ0) is 11.2. The van der Waals surface area contributed by atoms with Crippen molar-refractivity contribution in [3.05, 3.63) is 33.5 Å². The molecule has 1 aliphatic carbocycles. The van der Waals surface area contributed by atoms with Crippen molar-refractivity contribution >= 4 is 11.3 Å². The van der Waals surface area contributed by atoms with Gasteiger partial charge in [-0.25, -0.2) is 0 Å². The van der Waals surface area contributed by atoms with Crippen molar-refractivity contribution in [2.45, 2.75) is 51.9 Å². The smallest absolute Gasteiger partial charge is 0.0149 e. The van der Waals surface area contributed by atoms with Gasteiger partial charge in [-0.05, 0) is 36.8 Å². The highest BCUT2D eigenvalue weighted by Crippen LogP contribution is 2.58. The zero-order valence-electron chi connectivity index (χ0n) is 10.2. The first kappa shape index (κ1) is 10.9. The van der Waals surface area contributed by atoms with Crippen molar-refractivity contribution in [1.29, 1.82) is 0 Å². The van der Waals surface area contributed by atoms with Crippen molar-refractivity contribution in [1.82, 2.24) is 0 Å². The van der Waals surface area contributed by atoms with E-state index in [-0.39, 0.29) is 0 Å². The van der Waals surface area contributed by atoms with Gasteiger partial charge in [0.15, 0.2) is 0 Å². The van der Waals surface area contributed by atoms with E-state index in [0.717, 1.165) is 6.42 Å². The van der Waals surface area contributed by atoms with E-state index in [1.807, 2.05) is 11.3 Å². The summed E-state index contributed by atoms with van der Waals surface area (Å²) in [6.07, 6.45) is 4.37. The molecule has 0 spiro atoms. The van der Waals surface area contributed by atoms with E-state index in [1.165, 1.54) is 6.42 Å². The van der Waals surface area contributed by atoms with Gasteiger partial charge in [0, 0.05) is 15.2 Å². The Morgan fingerprint density at radius 3 is 2.67 bits per heavy atom. The Kier molecular flexibility index (Phi) is 2.54. The molecule has 1 heterocycles. The first-order valence-electron chi connectivity index (χ1n) is 5.77. The third-order valence-corrected chi connectivity index (χ3v) is 5.61. The van der Waals surface area contributed by atoms with E-state index in [9.17, 15) is 0 Å². The Labute approximate surface area is 97.0 Å². The first-order valence-corrected chi connectivity index (χ1v) is 6.59. The minimum absolute atomic E-state index is 0.381. The van der Waals surface area contributed by atoms with Crippen LogP contribution in [0.15, 0.2) is 12.7 Å². The van der Waals surface area contributed by atoms with Crippen LogP contribution in [0.3, 0.4) is 0 Å². The third-order valence-electron chi connectivity index (χ3n) is 3.82. The van der Waals surface area contributed by atoms with Crippen LogP contribution in [0.25, 0.3) is 0 Å². The fraction of sp³-hybridized carbons (Fsp3) is 0.571. The van der Waals surface area contributed by atoms with E-state index in [1.54, 1.807) is 20.9 Å². The molecule has 0 aliphatic heterocycles. The molecule has 1 aromatic heterocycles. The van der Waals surface area contributed by atoms with Crippen molar-refractivity contribution < 1.29 is 0 Å². The molecule has 15 heavy (non-hydrogen) atoms. The lowest BCUT2D eigenvalue weighted by Gasteiger charge is -2.44. The Balaban J connectivity index is 2.47. The van der Waals surface area contributed by atoms with Gasteiger partial charge in [-0.3, -0.25) is 0 Å². The van der Waals surface area contributed by atoms with Crippen LogP contribution in [0, 0.1) is 6.92 Å². The van der Waals surface area contributed by atoms with Crippen molar-refractivity contribution in [2.75, 3.05) is 0 Å². The molecule has 0 nitrogen and oxygen atoms in total. The molecule has 0 bridgehead atoms. The highest BCUT2D eigenvalue weighted by molar-refractivity contribution is 7.12. The maximum atomic E-state index is 3.88. The lowest BCUT2D eigenvalue weighted by atomic mass is 9.60. The first-order chi connectivity index (χ1) is 7.04. The number of aryl methyl sites for hydroxylation is 1. The second kappa shape index (κ2) is 3.48. The van der Waals surface area contributed by atoms with Gasteiger partial charge in [-0.15, -0.1) is 17.9 Å². The van der Waals surface area contributed by atoms with Gasteiger partial charge in [0.1, 0.15) is 0 Å². The Bertz CT molecular complexity index is 396. The molecule has 1 atom stereocenters. The maximum Gasteiger partial charge on any atom is 0.0149 e. The summed E-state index contributed by atoms with van der Waals surface area (Å²) in [6, 6.07) is 0. The van der Waals surface area contributed by atoms with Gasteiger partial charge in [-0.1, -0.05) is 26.8 Å². The molecule has 0 amide bonds. The summed E-state index contributed by atoms with van der Waals surface area (Å²) in [4.78, 5) is 3.21. The summed E-state index contributed by atoms with van der Waals surface area (Å²) < 4.78 is 0. The van der Waals surface area contributed by atoms with Gasteiger partial charge in [-0.2, -0.15) is 0 Å². The lowest BCUT2D eigenvalue weighted by Crippen LogP contribution is -2.36. The largest absolute Gasteiger partial charge is 0.144 e. The van der Waals surface area contributed by atoms with Gasteiger partial charge in [0.2, 0.25) is 0 Å². The van der Waals surface area contributed by atoms with Crippen molar-refractivity contribution in [2.24, 2.45) is 0 Å². The van der Waals surface area contributed by atoms with E-state index in [4.69, 9.17) is 0 Å².